The lowest BCUT2D eigenvalue weighted by atomic mass is 10.1. The van der Waals surface area contributed by atoms with Gasteiger partial charge in [-0.25, -0.2) is 5.43 Å². The van der Waals surface area contributed by atoms with Gasteiger partial charge in [0.05, 0.1) is 6.21 Å². The first-order valence-corrected chi connectivity index (χ1v) is 11.3. The lowest BCUT2D eigenvalue weighted by Gasteiger charge is -2.19. The lowest BCUT2D eigenvalue weighted by molar-refractivity contribution is 0.814. The van der Waals surface area contributed by atoms with E-state index in [1.54, 1.807) is 6.21 Å². The minimum Gasteiger partial charge on any atom is -0.341 e. The fraction of sp³-hybridized carbons (Fsp3) is 0.200. The van der Waals surface area contributed by atoms with Crippen LogP contribution in [0.3, 0.4) is 0 Å². The molecule has 1 aromatic heterocycles. The molecule has 168 valence electrons. The van der Waals surface area contributed by atoms with Gasteiger partial charge in [-0.3, -0.25) is 0 Å². The molecule has 33 heavy (non-hydrogen) atoms. The zero-order valence-corrected chi connectivity index (χ0v) is 19.6. The number of hydrogen-bond acceptors (Lipinski definition) is 7. The second-order valence-electron chi connectivity index (χ2n) is 7.48. The highest BCUT2D eigenvalue weighted by atomic mass is 35.5. The molecule has 0 saturated carbocycles. The summed E-state index contributed by atoms with van der Waals surface area (Å²) in [6.45, 7) is 7.63. The van der Waals surface area contributed by atoms with Crippen molar-refractivity contribution < 1.29 is 0 Å². The van der Waals surface area contributed by atoms with Crippen LogP contribution in [0.25, 0.3) is 10.8 Å². The minimum absolute atomic E-state index is 0.351. The van der Waals surface area contributed by atoms with Gasteiger partial charge in [0.2, 0.25) is 17.8 Å². The molecule has 0 aliphatic heterocycles. The number of benzene rings is 3. The van der Waals surface area contributed by atoms with Crippen molar-refractivity contribution in [2.75, 3.05) is 28.7 Å². The molecule has 0 fully saturated rings. The Morgan fingerprint density at radius 3 is 2.48 bits per heavy atom. The number of aryl methyl sites for hydroxylation is 1. The molecular formula is C25H26ClN7. The summed E-state index contributed by atoms with van der Waals surface area (Å²) in [6, 6.07) is 20.1. The number of nitrogens with zero attached hydrogens (tertiary/aromatic N) is 5. The summed E-state index contributed by atoms with van der Waals surface area (Å²) < 4.78 is 0. The molecule has 8 heteroatoms. The van der Waals surface area contributed by atoms with Crippen LogP contribution in [0.4, 0.5) is 23.5 Å². The van der Waals surface area contributed by atoms with Crippen LogP contribution in [0.15, 0.2) is 65.8 Å². The largest absolute Gasteiger partial charge is 0.341 e. The van der Waals surface area contributed by atoms with E-state index in [1.165, 1.54) is 0 Å². The van der Waals surface area contributed by atoms with E-state index in [2.05, 4.69) is 67.7 Å². The van der Waals surface area contributed by atoms with Gasteiger partial charge in [0.1, 0.15) is 0 Å². The predicted octanol–water partition coefficient (Wildman–Crippen LogP) is 6.02. The van der Waals surface area contributed by atoms with E-state index in [9.17, 15) is 0 Å². The van der Waals surface area contributed by atoms with Crippen LogP contribution in [-0.2, 0) is 0 Å². The Morgan fingerprint density at radius 1 is 0.939 bits per heavy atom. The van der Waals surface area contributed by atoms with Crippen molar-refractivity contribution in [3.8, 4) is 0 Å². The van der Waals surface area contributed by atoms with E-state index in [4.69, 9.17) is 11.6 Å². The van der Waals surface area contributed by atoms with Crippen molar-refractivity contribution >= 4 is 52.1 Å². The van der Waals surface area contributed by atoms with Crippen molar-refractivity contribution in [2.45, 2.75) is 20.8 Å². The Kier molecular flexibility index (Phi) is 7.00. The Morgan fingerprint density at radius 2 is 1.70 bits per heavy atom. The van der Waals surface area contributed by atoms with Gasteiger partial charge in [0.15, 0.2) is 0 Å². The van der Waals surface area contributed by atoms with Gasteiger partial charge in [0, 0.05) is 29.4 Å². The van der Waals surface area contributed by atoms with Gasteiger partial charge >= 0.3 is 0 Å². The van der Waals surface area contributed by atoms with Gasteiger partial charge in [-0.15, -0.1) is 0 Å². The SMILES string of the molecule is CCN(CC)c1nc(N/N=C\c2cccc3ccccc23)nc(Nc2ccc(C)c(Cl)c2)n1. The third-order valence-corrected chi connectivity index (χ3v) is 5.70. The maximum Gasteiger partial charge on any atom is 0.250 e. The zero-order chi connectivity index (χ0) is 23.2. The normalized spacial score (nSPS) is 11.2. The molecule has 0 bridgehead atoms. The average molecular weight is 460 g/mol. The number of hydrogen-bond donors (Lipinski definition) is 2. The second-order valence-corrected chi connectivity index (χ2v) is 7.89. The first kappa shape index (κ1) is 22.5. The highest BCUT2D eigenvalue weighted by Crippen LogP contribution is 2.23. The maximum absolute atomic E-state index is 6.27. The van der Waals surface area contributed by atoms with Crippen LogP contribution >= 0.6 is 11.6 Å². The van der Waals surface area contributed by atoms with E-state index in [1.807, 2.05) is 49.4 Å². The molecule has 4 aromatic rings. The highest BCUT2D eigenvalue weighted by molar-refractivity contribution is 6.31. The van der Waals surface area contributed by atoms with Crippen LogP contribution < -0.4 is 15.6 Å². The number of nitrogens with one attached hydrogen (secondary N) is 2. The molecule has 0 aliphatic carbocycles. The fourth-order valence-corrected chi connectivity index (χ4v) is 3.62. The third kappa shape index (κ3) is 5.38. The summed E-state index contributed by atoms with van der Waals surface area (Å²) in [5, 5.41) is 10.6. The molecule has 0 radical (unpaired) electrons. The first-order chi connectivity index (χ1) is 16.1. The van der Waals surface area contributed by atoms with Crippen molar-refractivity contribution in [1.82, 2.24) is 15.0 Å². The standard InChI is InChI=1S/C25H26ClN7/c1-4-33(5-2)25-30-23(28-20-14-13-17(3)22(26)15-20)29-24(31-25)32-27-16-19-11-8-10-18-9-6-7-12-21(18)19/h6-16H,4-5H2,1-3H3,(H2,28,29,30,31,32)/b27-16-. The predicted molar refractivity (Wildman–Crippen MR) is 138 cm³/mol. The number of halogens is 1. The number of aromatic nitrogens is 3. The van der Waals surface area contributed by atoms with Crippen molar-refractivity contribution in [3.63, 3.8) is 0 Å². The molecule has 0 unspecified atom stereocenters. The maximum atomic E-state index is 6.27. The Hall–Kier alpha value is -3.71. The van der Waals surface area contributed by atoms with Gasteiger partial charge in [0.25, 0.3) is 0 Å². The summed E-state index contributed by atoms with van der Waals surface area (Å²) in [7, 11) is 0. The van der Waals surface area contributed by atoms with E-state index >= 15 is 0 Å². The monoisotopic (exact) mass is 459 g/mol. The van der Waals surface area contributed by atoms with E-state index in [-0.39, 0.29) is 0 Å². The van der Waals surface area contributed by atoms with Crippen molar-refractivity contribution in [2.24, 2.45) is 5.10 Å². The molecular weight excluding hydrogens is 434 g/mol. The highest BCUT2D eigenvalue weighted by Gasteiger charge is 2.12. The van der Waals surface area contributed by atoms with Crippen LogP contribution in [-0.4, -0.2) is 34.3 Å². The molecule has 0 aliphatic rings. The Labute approximate surface area is 198 Å². The molecule has 7 nitrogen and oxygen atoms in total. The molecule has 1 heterocycles. The van der Waals surface area contributed by atoms with Gasteiger partial charge in [-0.05, 0) is 49.2 Å². The number of hydrazone groups is 1. The summed E-state index contributed by atoms with van der Waals surface area (Å²) >= 11 is 6.27. The summed E-state index contributed by atoms with van der Waals surface area (Å²) in [4.78, 5) is 15.7. The van der Waals surface area contributed by atoms with Crippen LogP contribution in [0, 0.1) is 6.92 Å². The summed E-state index contributed by atoms with van der Waals surface area (Å²) in [6.07, 6.45) is 1.77. The number of anilines is 4. The van der Waals surface area contributed by atoms with E-state index in [0.29, 0.717) is 22.9 Å². The zero-order valence-electron chi connectivity index (χ0n) is 18.9. The topological polar surface area (TPSA) is 78.3 Å². The number of fused-ring (bicyclic) bond motifs is 1. The third-order valence-electron chi connectivity index (χ3n) is 5.29. The van der Waals surface area contributed by atoms with Crippen molar-refractivity contribution in [3.05, 3.63) is 76.8 Å². The molecule has 0 atom stereocenters. The fourth-order valence-electron chi connectivity index (χ4n) is 3.44. The molecule has 0 spiro atoms. The van der Waals surface area contributed by atoms with Crippen LogP contribution in [0.2, 0.25) is 5.02 Å². The smallest absolute Gasteiger partial charge is 0.250 e. The average Bonchev–Trinajstić information content (AvgIpc) is 2.82. The molecule has 2 N–H and O–H groups in total. The van der Waals surface area contributed by atoms with Gasteiger partial charge in [-0.2, -0.15) is 20.1 Å². The molecule has 0 saturated heterocycles. The van der Waals surface area contributed by atoms with E-state index in [0.717, 1.165) is 40.7 Å². The second kappa shape index (κ2) is 10.3. The summed E-state index contributed by atoms with van der Waals surface area (Å²) in [5.74, 6) is 1.33. The van der Waals surface area contributed by atoms with Crippen LogP contribution in [0.1, 0.15) is 25.0 Å². The molecule has 4 rings (SSSR count). The number of rotatable bonds is 8. The molecule has 3 aromatic carbocycles. The van der Waals surface area contributed by atoms with E-state index < -0.39 is 0 Å². The van der Waals surface area contributed by atoms with Gasteiger partial charge in [-0.1, -0.05) is 60.1 Å². The first-order valence-electron chi connectivity index (χ1n) is 10.9. The van der Waals surface area contributed by atoms with Crippen LogP contribution in [0.5, 0.6) is 0 Å². The van der Waals surface area contributed by atoms with Gasteiger partial charge < -0.3 is 10.2 Å². The molecule has 0 amide bonds. The minimum atomic E-state index is 0.351. The Balaban J connectivity index is 1.62. The summed E-state index contributed by atoms with van der Waals surface area (Å²) in [5.41, 5.74) is 5.77. The Bertz CT molecular complexity index is 1280. The lowest BCUT2D eigenvalue weighted by Crippen LogP contribution is -2.25. The van der Waals surface area contributed by atoms with Crippen molar-refractivity contribution in [1.29, 1.82) is 0 Å². The quantitative estimate of drug-likeness (QED) is 0.247.